The number of rotatable bonds is 6. The molecule has 1 saturated heterocycles. The van der Waals surface area contributed by atoms with Gasteiger partial charge in [0.25, 0.3) is 0 Å². The van der Waals surface area contributed by atoms with Crippen molar-refractivity contribution < 1.29 is 33.6 Å². The van der Waals surface area contributed by atoms with Gasteiger partial charge >= 0.3 is 11.9 Å². The summed E-state index contributed by atoms with van der Waals surface area (Å²) in [7, 11) is 3.00. The van der Waals surface area contributed by atoms with E-state index in [4.69, 9.17) is 18.9 Å². The predicted molar refractivity (Wildman–Crippen MR) is 88.0 cm³/mol. The number of nitrogens with one attached hydrogen (secondary N) is 1. The van der Waals surface area contributed by atoms with E-state index in [1.807, 2.05) is 0 Å². The Labute approximate surface area is 146 Å². The van der Waals surface area contributed by atoms with Crippen LogP contribution < -0.4 is 10.1 Å². The van der Waals surface area contributed by atoms with Crippen LogP contribution >= 0.6 is 0 Å². The molecule has 0 bridgehead atoms. The highest BCUT2D eigenvalue weighted by atomic mass is 16.7. The molecule has 0 aliphatic carbocycles. The first kappa shape index (κ1) is 19.0. The van der Waals surface area contributed by atoms with Crippen molar-refractivity contribution >= 4 is 17.6 Å². The summed E-state index contributed by atoms with van der Waals surface area (Å²) < 4.78 is 21.3. The smallest absolute Gasteiger partial charge is 0.335 e. The Morgan fingerprint density at radius 1 is 1.36 bits per heavy atom. The summed E-state index contributed by atoms with van der Waals surface area (Å²) in [6, 6.07) is 5.14. The quantitative estimate of drug-likeness (QED) is 0.736. The van der Waals surface area contributed by atoms with Gasteiger partial charge < -0.3 is 29.4 Å². The number of aliphatic hydroxyl groups is 1. The molecule has 138 valence electrons. The Balaban J connectivity index is 2.13. The second-order valence-electron chi connectivity index (χ2n) is 5.63. The van der Waals surface area contributed by atoms with Crippen molar-refractivity contribution in [1.29, 1.82) is 0 Å². The Morgan fingerprint density at radius 2 is 2.12 bits per heavy atom. The normalized spacial score (nSPS) is 22.8. The van der Waals surface area contributed by atoms with Gasteiger partial charge in [-0.3, -0.25) is 4.79 Å². The summed E-state index contributed by atoms with van der Waals surface area (Å²) in [6.07, 6.45) is -1.62. The second kappa shape index (κ2) is 8.68. The zero-order valence-corrected chi connectivity index (χ0v) is 14.5. The first-order valence-electron chi connectivity index (χ1n) is 7.95. The molecule has 3 unspecified atom stereocenters. The van der Waals surface area contributed by atoms with Crippen molar-refractivity contribution in [1.82, 2.24) is 0 Å². The molecule has 2 rings (SSSR count). The lowest BCUT2D eigenvalue weighted by Crippen LogP contribution is -2.44. The number of carbonyl (C=O) groups is 2. The molecule has 1 aliphatic heterocycles. The van der Waals surface area contributed by atoms with E-state index in [9.17, 15) is 14.7 Å². The number of aliphatic hydroxyl groups excluding tert-OH is 1. The number of methoxy groups -OCH3 is 1. The highest BCUT2D eigenvalue weighted by molar-refractivity contribution is 5.74. The van der Waals surface area contributed by atoms with Crippen LogP contribution in [0.15, 0.2) is 18.2 Å². The Bertz CT molecular complexity index is 619. The van der Waals surface area contributed by atoms with E-state index in [1.165, 1.54) is 14.0 Å². The lowest BCUT2D eigenvalue weighted by molar-refractivity contribution is -0.204. The number of hydrogen-bond acceptors (Lipinski definition) is 8. The van der Waals surface area contributed by atoms with Crippen LogP contribution in [0, 0.1) is 0 Å². The minimum Gasteiger partial charge on any atom is -0.467 e. The van der Waals surface area contributed by atoms with Crippen molar-refractivity contribution in [2.75, 3.05) is 19.5 Å². The van der Waals surface area contributed by atoms with Gasteiger partial charge in [-0.05, 0) is 6.07 Å². The number of anilines is 1. The highest BCUT2D eigenvalue weighted by Gasteiger charge is 2.37. The molecule has 1 aliphatic rings. The van der Waals surface area contributed by atoms with Gasteiger partial charge in [-0.15, -0.1) is 0 Å². The van der Waals surface area contributed by atoms with Crippen LogP contribution in [0.25, 0.3) is 0 Å². The van der Waals surface area contributed by atoms with Gasteiger partial charge in [0.15, 0.2) is 6.10 Å². The Morgan fingerprint density at radius 3 is 2.72 bits per heavy atom. The van der Waals surface area contributed by atoms with E-state index in [2.05, 4.69) is 5.32 Å². The summed E-state index contributed by atoms with van der Waals surface area (Å²) in [4.78, 5) is 23.0. The molecule has 8 heteroatoms. The van der Waals surface area contributed by atoms with Crippen LogP contribution in [0.3, 0.4) is 0 Å². The summed E-state index contributed by atoms with van der Waals surface area (Å²) in [5.74, 6) is -0.477. The van der Waals surface area contributed by atoms with E-state index in [0.717, 1.165) is 11.3 Å². The third-order valence-corrected chi connectivity index (χ3v) is 3.83. The standard InChI is InChI=1S/C17H23NO7/c1-10(20)23-13-7-15(17(21)22-3)25-16(8-13)24-12-5-4-11(9-19)14(6-12)18-2/h4-6,13,15-16,18-19H,7-9H2,1-3H3. The summed E-state index contributed by atoms with van der Waals surface area (Å²) in [5, 5.41) is 12.3. The van der Waals surface area contributed by atoms with Crippen LogP contribution in [0.4, 0.5) is 5.69 Å². The zero-order chi connectivity index (χ0) is 18.4. The summed E-state index contributed by atoms with van der Waals surface area (Å²) >= 11 is 0. The summed E-state index contributed by atoms with van der Waals surface area (Å²) in [5.41, 5.74) is 1.45. The van der Waals surface area contributed by atoms with Gasteiger partial charge in [0.05, 0.1) is 13.7 Å². The molecular formula is C17H23NO7. The molecule has 1 heterocycles. The molecule has 0 spiro atoms. The number of carbonyl (C=O) groups excluding carboxylic acids is 2. The fraction of sp³-hybridized carbons (Fsp3) is 0.529. The fourth-order valence-electron chi connectivity index (χ4n) is 2.69. The van der Waals surface area contributed by atoms with Crippen molar-refractivity contribution in [3.05, 3.63) is 23.8 Å². The number of esters is 2. The highest BCUT2D eigenvalue weighted by Crippen LogP contribution is 2.28. The largest absolute Gasteiger partial charge is 0.467 e. The maximum atomic E-state index is 11.8. The lowest BCUT2D eigenvalue weighted by atomic mass is 10.0. The predicted octanol–water partition coefficient (Wildman–Crippen LogP) is 1.21. The molecule has 0 aromatic heterocycles. The van der Waals surface area contributed by atoms with Gasteiger partial charge in [0.1, 0.15) is 11.9 Å². The SMILES string of the molecule is CNc1cc(OC2CC(OC(C)=O)CC(C(=O)OC)O2)ccc1CO. The molecule has 25 heavy (non-hydrogen) atoms. The molecule has 1 fully saturated rings. The van der Waals surface area contributed by atoms with E-state index in [-0.39, 0.29) is 13.0 Å². The third-order valence-electron chi connectivity index (χ3n) is 3.83. The molecular weight excluding hydrogens is 330 g/mol. The minimum absolute atomic E-state index is 0.102. The van der Waals surface area contributed by atoms with Gasteiger partial charge in [-0.25, -0.2) is 4.79 Å². The Kier molecular flexibility index (Phi) is 6.60. The maximum absolute atomic E-state index is 11.8. The Hall–Kier alpha value is -2.32. The van der Waals surface area contributed by atoms with Crippen molar-refractivity contribution in [3.8, 4) is 5.75 Å². The summed E-state index contributed by atoms with van der Waals surface area (Å²) in [6.45, 7) is 1.21. The number of ether oxygens (including phenoxy) is 4. The zero-order valence-electron chi connectivity index (χ0n) is 14.5. The average molecular weight is 353 g/mol. The molecule has 1 aromatic carbocycles. The van der Waals surface area contributed by atoms with Gasteiger partial charge in [-0.1, -0.05) is 6.07 Å². The van der Waals surface area contributed by atoms with Gasteiger partial charge in [0.2, 0.25) is 6.29 Å². The van der Waals surface area contributed by atoms with Crippen LogP contribution in [0.1, 0.15) is 25.3 Å². The van der Waals surface area contributed by atoms with Gasteiger partial charge in [-0.2, -0.15) is 0 Å². The molecule has 2 N–H and O–H groups in total. The molecule has 0 amide bonds. The van der Waals surface area contributed by atoms with E-state index in [1.54, 1.807) is 25.2 Å². The van der Waals surface area contributed by atoms with E-state index >= 15 is 0 Å². The second-order valence-corrected chi connectivity index (χ2v) is 5.63. The first-order valence-corrected chi connectivity index (χ1v) is 7.95. The van der Waals surface area contributed by atoms with E-state index in [0.29, 0.717) is 12.2 Å². The third kappa shape index (κ3) is 5.07. The molecule has 8 nitrogen and oxygen atoms in total. The van der Waals surface area contributed by atoms with Crippen LogP contribution in [-0.4, -0.2) is 49.7 Å². The topological polar surface area (TPSA) is 103 Å². The number of hydrogen-bond donors (Lipinski definition) is 2. The van der Waals surface area contributed by atoms with Crippen molar-refractivity contribution in [2.24, 2.45) is 0 Å². The monoisotopic (exact) mass is 353 g/mol. The molecule has 0 saturated carbocycles. The first-order chi connectivity index (χ1) is 12.0. The molecule has 0 radical (unpaired) electrons. The molecule has 3 atom stereocenters. The van der Waals surface area contributed by atoms with E-state index < -0.39 is 30.4 Å². The molecule has 1 aromatic rings. The maximum Gasteiger partial charge on any atom is 0.335 e. The fourth-order valence-corrected chi connectivity index (χ4v) is 2.69. The minimum atomic E-state index is -0.867. The van der Waals surface area contributed by atoms with Crippen LogP contribution in [0.5, 0.6) is 5.75 Å². The van der Waals surface area contributed by atoms with Crippen molar-refractivity contribution in [3.63, 3.8) is 0 Å². The van der Waals surface area contributed by atoms with Crippen LogP contribution in [0.2, 0.25) is 0 Å². The lowest BCUT2D eigenvalue weighted by Gasteiger charge is -2.33. The average Bonchev–Trinajstić information content (AvgIpc) is 2.60. The van der Waals surface area contributed by atoms with Crippen LogP contribution in [-0.2, 0) is 30.4 Å². The number of benzene rings is 1. The van der Waals surface area contributed by atoms with Gasteiger partial charge in [0, 0.05) is 44.1 Å². The van der Waals surface area contributed by atoms with Crippen molar-refractivity contribution in [2.45, 2.75) is 44.9 Å².